The number of rotatable bonds is 3. The van der Waals surface area contributed by atoms with Crippen molar-refractivity contribution in [2.75, 3.05) is 6.79 Å². The van der Waals surface area contributed by atoms with Gasteiger partial charge in [0.2, 0.25) is 6.79 Å². The van der Waals surface area contributed by atoms with Crippen LogP contribution in [0.5, 0.6) is 11.5 Å². The molecule has 0 unspecified atom stereocenters. The fraction of sp³-hybridized carbons (Fsp3) is 0.0714. The smallest absolute Gasteiger partial charge is 0.280 e. The maximum Gasteiger partial charge on any atom is 0.280 e. The van der Waals surface area contributed by atoms with Crippen LogP contribution < -0.4 is 9.47 Å². The molecule has 2 aromatic rings. The molecule has 0 atom stereocenters. The molecule has 6 nitrogen and oxygen atoms in total. The molecule has 0 spiro atoms. The first kappa shape index (κ1) is 12.2. The van der Waals surface area contributed by atoms with Crippen molar-refractivity contribution in [3.63, 3.8) is 0 Å². The third-order valence-electron chi connectivity index (χ3n) is 2.84. The standard InChI is InChI=1S/C14H10N2O4/c17-16(18)12-8-14-13(19-9-20-14)7-10(12)4-5-11-3-1-2-6-15-11/h1-8H,9H2. The van der Waals surface area contributed by atoms with Gasteiger partial charge in [0.25, 0.3) is 5.69 Å². The molecule has 0 bridgehead atoms. The Labute approximate surface area is 114 Å². The van der Waals surface area contributed by atoms with Crippen LogP contribution in [0.3, 0.4) is 0 Å². The van der Waals surface area contributed by atoms with Gasteiger partial charge in [-0.3, -0.25) is 15.1 Å². The van der Waals surface area contributed by atoms with Crippen molar-refractivity contribution in [2.45, 2.75) is 0 Å². The van der Waals surface area contributed by atoms with Gasteiger partial charge in [0.1, 0.15) is 0 Å². The highest BCUT2D eigenvalue weighted by atomic mass is 16.7. The fourth-order valence-electron chi connectivity index (χ4n) is 1.89. The van der Waals surface area contributed by atoms with Gasteiger partial charge < -0.3 is 9.47 Å². The zero-order valence-corrected chi connectivity index (χ0v) is 10.4. The summed E-state index contributed by atoms with van der Waals surface area (Å²) < 4.78 is 10.4. The Bertz CT molecular complexity index is 683. The first-order chi connectivity index (χ1) is 9.74. The van der Waals surface area contributed by atoms with Gasteiger partial charge in [-0.05, 0) is 30.4 Å². The molecule has 0 saturated heterocycles. The molecule has 0 aliphatic carbocycles. The number of benzene rings is 1. The van der Waals surface area contributed by atoms with Crippen molar-refractivity contribution in [2.24, 2.45) is 0 Å². The van der Waals surface area contributed by atoms with Gasteiger partial charge in [-0.15, -0.1) is 0 Å². The highest BCUT2D eigenvalue weighted by Crippen LogP contribution is 2.38. The molecule has 0 amide bonds. The second-order valence-corrected chi connectivity index (χ2v) is 4.11. The van der Waals surface area contributed by atoms with Crippen LogP contribution in [0.4, 0.5) is 5.69 Å². The number of hydrogen-bond acceptors (Lipinski definition) is 5. The molecule has 0 saturated carbocycles. The average molecular weight is 270 g/mol. The third-order valence-corrected chi connectivity index (χ3v) is 2.84. The minimum atomic E-state index is -0.444. The summed E-state index contributed by atoms with van der Waals surface area (Å²) in [6, 6.07) is 8.44. The number of ether oxygens (including phenoxy) is 2. The van der Waals surface area contributed by atoms with Crippen molar-refractivity contribution >= 4 is 17.8 Å². The number of fused-ring (bicyclic) bond motifs is 1. The maximum absolute atomic E-state index is 11.1. The molecule has 2 heterocycles. The second kappa shape index (κ2) is 5.00. The normalized spacial score (nSPS) is 12.8. The van der Waals surface area contributed by atoms with Crippen LogP contribution in [0.25, 0.3) is 12.2 Å². The first-order valence-corrected chi connectivity index (χ1v) is 5.91. The minimum absolute atomic E-state index is 0.0265. The molecule has 0 N–H and O–H groups in total. The Balaban J connectivity index is 2.00. The Morgan fingerprint density at radius 1 is 1.20 bits per heavy atom. The topological polar surface area (TPSA) is 74.5 Å². The van der Waals surface area contributed by atoms with Crippen LogP contribution >= 0.6 is 0 Å². The van der Waals surface area contributed by atoms with Crippen molar-refractivity contribution < 1.29 is 14.4 Å². The number of aromatic nitrogens is 1. The molecule has 1 aliphatic heterocycles. The predicted molar refractivity (Wildman–Crippen MR) is 72.4 cm³/mol. The van der Waals surface area contributed by atoms with E-state index in [4.69, 9.17) is 9.47 Å². The third kappa shape index (κ3) is 2.31. The zero-order valence-electron chi connectivity index (χ0n) is 10.4. The predicted octanol–water partition coefficient (Wildman–Crippen LogP) is 2.89. The van der Waals surface area contributed by atoms with E-state index in [-0.39, 0.29) is 12.5 Å². The maximum atomic E-state index is 11.1. The number of nitro groups is 1. The molecular formula is C14H10N2O4. The molecular weight excluding hydrogens is 260 g/mol. The van der Waals surface area contributed by atoms with Crippen molar-refractivity contribution in [1.82, 2.24) is 4.98 Å². The molecule has 1 aromatic carbocycles. The van der Waals surface area contributed by atoms with E-state index in [1.165, 1.54) is 6.07 Å². The number of pyridine rings is 1. The summed E-state index contributed by atoms with van der Waals surface area (Å²) in [6.45, 7) is 0.0832. The molecule has 100 valence electrons. The summed E-state index contributed by atoms with van der Waals surface area (Å²) in [5.41, 5.74) is 1.14. The second-order valence-electron chi connectivity index (χ2n) is 4.11. The lowest BCUT2D eigenvalue weighted by atomic mass is 10.1. The molecule has 0 radical (unpaired) electrons. The van der Waals surface area contributed by atoms with Crippen molar-refractivity contribution in [1.29, 1.82) is 0 Å². The lowest BCUT2D eigenvalue weighted by Crippen LogP contribution is -1.93. The molecule has 20 heavy (non-hydrogen) atoms. The summed E-state index contributed by atoms with van der Waals surface area (Å²) in [7, 11) is 0. The zero-order chi connectivity index (χ0) is 13.9. The summed E-state index contributed by atoms with van der Waals surface area (Å²) in [5, 5.41) is 11.1. The van der Waals surface area contributed by atoms with E-state index in [0.29, 0.717) is 17.1 Å². The fourth-order valence-corrected chi connectivity index (χ4v) is 1.89. The van der Waals surface area contributed by atoms with E-state index in [2.05, 4.69) is 4.98 Å². The van der Waals surface area contributed by atoms with Gasteiger partial charge in [-0.1, -0.05) is 6.07 Å². The van der Waals surface area contributed by atoms with E-state index < -0.39 is 4.92 Å². The monoisotopic (exact) mass is 270 g/mol. The van der Waals surface area contributed by atoms with Gasteiger partial charge in [-0.25, -0.2) is 0 Å². The highest BCUT2D eigenvalue weighted by molar-refractivity contribution is 5.75. The minimum Gasteiger partial charge on any atom is -0.454 e. The summed E-state index contributed by atoms with van der Waals surface area (Å²) >= 11 is 0. The van der Waals surface area contributed by atoms with Crippen LogP contribution in [0, 0.1) is 10.1 Å². The lowest BCUT2D eigenvalue weighted by molar-refractivity contribution is -0.385. The van der Waals surface area contributed by atoms with Crippen LogP contribution in [0.1, 0.15) is 11.3 Å². The van der Waals surface area contributed by atoms with Gasteiger partial charge in [0.05, 0.1) is 22.2 Å². The van der Waals surface area contributed by atoms with Gasteiger partial charge in [-0.2, -0.15) is 0 Å². The Kier molecular flexibility index (Phi) is 3.04. The molecule has 3 rings (SSSR count). The number of nitrogens with zero attached hydrogens (tertiary/aromatic N) is 2. The molecule has 6 heteroatoms. The average Bonchev–Trinajstić information content (AvgIpc) is 2.92. The van der Waals surface area contributed by atoms with E-state index in [1.807, 2.05) is 12.1 Å². The largest absolute Gasteiger partial charge is 0.454 e. The Morgan fingerprint density at radius 2 is 2.00 bits per heavy atom. The van der Waals surface area contributed by atoms with Crippen LogP contribution in [-0.4, -0.2) is 16.7 Å². The van der Waals surface area contributed by atoms with Crippen LogP contribution in [0.15, 0.2) is 36.5 Å². The Hall–Kier alpha value is -2.89. The molecule has 1 aromatic heterocycles. The van der Waals surface area contributed by atoms with Gasteiger partial charge in [0.15, 0.2) is 11.5 Å². The summed E-state index contributed by atoms with van der Waals surface area (Å²) in [4.78, 5) is 14.8. The van der Waals surface area contributed by atoms with E-state index in [9.17, 15) is 10.1 Å². The Morgan fingerprint density at radius 3 is 2.70 bits per heavy atom. The quantitative estimate of drug-likeness (QED) is 0.633. The number of nitro benzene ring substituents is 1. The number of hydrogen-bond donors (Lipinski definition) is 0. The van der Waals surface area contributed by atoms with Gasteiger partial charge in [0, 0.05) is 6.20 Å². The lowest BCUT2D eigenvalue weighted by Gasteiger charge is -2.00. The molecule has 1 aliphatic rings. The first-order valence-electron chi connectivity index (χ1n) is 5.91. The van der Waals surface area contributed by atoms with E-state index in [0.717, 1.165) is 5.69 Å². The van der Waals surface area contributed by atoms with Crippen molar-refractivity contribution in [3.8, 4) is 11.5 Å². The SMILES string of the molecule is O=[N+]([O-])c1cc2c(cc1C=Cc1ccccn1)OCO2. The van der Waals surface area contributed by atoms with Gasteiger partial charge >= 0.3 is 0 Å². The van der Waals surface area contributed by atoms with E-state index >= 15 is 0 Å². The van der Waals surface area contributed by atoms with Crippen LogP contribution in [0.2, 0.25) is 0 Å². The summed E-state index contributed by atoms with van der Waals surface area (Å²) in [5.74, 6) is 0.906. The summed E-state index contributed by atoms with van der Waals surface area (Å²) in [6.07, 6.45) is 5.01. The highest BCUT2D eigenvalue weighted by Gasteiger charge is 2.21. The van der Waals surface area contributed by atoms with E-state index in [1.54, 1.807) is 30.5 Å². The van der Waals surface area contributed by atoms with Crippen LogP contribution in [-0.2, 0) is 0 Å². The molecule has 0 fully saturated rings. The van der Waals surface area contributed by atoms with Crippen molar-refractivity contribution in [3.05, 3.63) is 57.9 Å².